The van der Waals surface area contributed by atoms with Gasteiger partial charge < -0.3 is 20.0 Å². The van der Waals surface area contributed by atoms with Crippen LogP contribution in [0.5, 0.6) is 5.88 Å². The summed E-state index contributed by atoms with van der Waals surface area (Å²) in [5, 5.41) is 12.5. The van der Waals surface area contributed by atoms with Crippen LogP contribution in [0.25, 0.3) is 0 Å². The van der Waals surface area contributed by atoms with Gasteiger partial charge in [0.1, 0.15) is 18.4 Å². The molecule has 0 saturated carbocycles. The first kappa shape index (κ1) is 53.8. The van der Waals surface area contributed by atoms with Gasteiger partial charge in [-0.05, 0) is 96.5 Å². The molecular weight excluding hydrogens is 591 g/mol. The number of rotatable bonds is 12. The van der Waals surface area contributed by atoms with Gasteiger partial charge in [-0.25, -0.2) is 9.37 Å². The van der Waals surface area contributed by atoms with Crippen molar-refractivity contribution in [3.05, 3.63) is 58.5 Å². The van der Waals surface area contributed by atoms with E-state index in [4.69, 9.17) is 9.84 Å². The third-order valence-electron chi connectivity index (χ3n) is 7.17. The van der Waals surface area contributed by atoms with E-state index in [-0.39, 0.29) is 13.2 Å². The molecule has 0 spiro atoms. The second kappa shape index (κ2) is 33.3. The molecule has 0 amide bonds. The Labute approximate surface area is 290 Å². The minimum absolute atomic E-state index is 0. The zero-order valence-corrected chi connectivity index (χ0v) is 32.3. The molecule has 0 aliphatic rings. The van der Waals surface area contributed by atoms with Crippen molar-refractivity contribution in [2.24, 2.45) is 5.92 Å². The highest BCUT2D eigenvalue weighted by Crippen LogP contribution is 2.18. The first-order valence-electron chi connectivity index (χ1n) is 17.2. The quantitative estimate of drug-likeness (QED) is 0.219. The Hall–Kier alpha value is -2.64. The van der Waals surface area contributed by atoms with Crippen molar-refractivity contribution in [1.29, 1.82) is 0 Å². The van der Waals surface area contributed by atoms with Gasteiger partial charge in [0, 0.05) is 23.6 Å². The van der Waals surface area contributed by atoms with E-state index in [1.165, 1.54) is 43.0 Å². The molecule has 0 saturated heterocycles. The molecule has 1 aromatic heterocycles. The lowest BCUT2D eigenvalue weighted by molar-refractivity contribution is -0.107. The molecule has 276 valence electrons. The number of aliphatic hydroxyl groups is 1. The number of hydrogen-bond acceptors (Lipinski definition) is 6. The third kappa shape index (κ3) is 30.4. The van der Waals surface area contributed by atoms with Crippen LogP contribution in [0.2, 0.25) is 0 Å². The van der Waals surface area contributed by atoms with Gasteiger partial charge in [0.25, 0.3) is 0 Å². The van der Waals surface area contributed by atoms with Crippen molar-refractivity contribution in [1.82, 2.24) is 10.3 Å². The van der Waals surface area contributed by atoms with Gasteiger partial charge in [0.2, 0.25) is 5.88 Å². The first-order valence-corrected chi connectivity index (χ1v) is 17.2. The normalized spacial score (nSPS) is 9.91. The number of ether oxygens (including phenoxy) is 1. The number of nitrogens with zero attached hydrogens (tertiary/aromatic N) is 1. The molecule has 47 heavy (non-hydrogen) atoms. The van der Waals surface area contributed by atoms with Crippen molar-refractivity contribution < 1.29 is 23.8 Å². The first-order chi connectivity index (χ1) is 21.6. The molecular formula is C40H75FN2O4. The molecule has 0 unspecified atom stereocenters. The fraction of sp³-hybridized carbons (Fsp3) is 0.675. The van der Waals surface area contributed by atoms with Crippen LogP contribution >= 0.6 is 0 Å². The number of aldehydes is 2. The molecule has 0 aliphatic heterocycles. The lowest BCUT2D eigenvalue weighted by Gasteiger charge is -2.28. The van der Waals surface area contributed by atoms with Crippen LogP contribution in [0.1, 0.15) is 156 Å². The minimum atomic E-state index is -0.500. The molecule has 0 radical (unpaired) electrons. The van der Waals surface area contributed by atoms with Crippen molar-refractivity contribution in [2.75, 3.05) is 13.7 Å². The SMILES string of the molecule is C.CC.CC(C)C(C)(C)O.CCC=O.CCCC(C)(CCC)NC.CCCc1cc(OCC)ncc1F.Cc1ccc(C=O)cc1C. The summed E-state index contributed by atoms with van der Waals surface area (Å²) < 4.78 is 18.2. The molecule has 2 rings (SSSR count). The Morgan fingerprint density at radius 2 is 1.43 bits per heavy atom. The molecule has 0 bridgehead atoms. The van der Waals surface area contributed by atoms with E-state index in [0.29, 0.717) is 35.9 Å². The van der Waals surface area contributed by atoms with Crippen molar-refractivity contribution in [2.45, 2.75) is 160 Å². The van der Waals surface area contributed by atoms with E-state index in [2.05, 4.69) is 38.1 Å². The Kier molecular flexibility index (Phi) is 38.1. The van der Waals surface area contributed by atoms with Crippen LogP contribution in [0.15, 0.2) is 30.5 Å². The fourth-order valence-corrected chi connectivity index (χ4v) is 3.46. The summed E-state index contributed by atoms with van der Waals surface area (Å²) in [5.74, 6) is 0.616. The number of benzene rings is 1. The molecule has 1 heterocycles. The topological polar surface area (TPSA) is 88.5 Å². The number of pyridine rings is 1. The summed E-state index contributed by atoms with van der Waals surface area (Å²) in [4.78, 5) is 23.3. The smallest absolute Gasteiger partial charge is 0.213 e. The second-order valence-electron chi connectivity index (χ2n) is 12.0. The van der Waals surface area contributed by atoms with E-state index >= 15 is 0 Å². The maximum absolute atomic E-state index is 13.1. The van der Waals surface area contributed by atoms with E-state index < -0.39 is 5.60 Å². The van der Waals surface area contributed by atoms with Crippen molar-refractivity contribution in [3.63, 3.8) is 0 Å². The number of aryl methyl sites for hydroxylation is 3. The molecule has 2 aromatic rings. The molecule has 0 fully saturated rings. The van der Waals surface area contributed by atoms with Gasteiger partial charge in [-0.1, -0.05) is 94.2 Å². The average molecular weight is 667 g/mol. The second-order valence-corrected chi connectivity index (χ2v) is 12.0. The standard InChI is InChI=1S/C10H14FNO.C9H21N.C9H10O.C6H14O.C3H6O.C2H6.CH4/c1-3-5-8-6-10(13-4-2)12-7-9(8)11;1-5-7-9(3,10-4)8-6-2;1-7-3-4-9(6-10)5-8(7)2;1-5(2)6(3,4)7;1-2-3-4;1-2;/h6-7H,3-5H2,1-2H3;10H,5-8H2,1-4H3;3-6H,1-2H3;5,7H,1-4H3;3H,2H2,1H3;1-2H3;1H4. The van der Waals surface area contributed by atoms with E-state index in [1.54, 1.807) is 6.07 Å². The average Bonchev–Trinajstić information content (AvgIpc) is 3.02. The Bertz CT molecular complexity index is 998. The van der Waals surface area contributed by atoms with Gasteiger partial charge in [-0.2, -0.15) is 0 Å². The lowest BCUT2D eigenvalue weighted by Crippen LogP contribution is -2.39. The zero-order chi connectivity index (χ0) is 36.8. The summed E-state index contributed by atoms with van der Waals surface area (Å²) in [6.07, 6.45) is 10.4. The highest BCUT2D eigenvalue weighted by molar-refractivity contribution is 5.75. The zero-order valence-electron chi connectivity index (χ0n) is 32.3. The highest BCUT2D eigenvalue weighted by atomic mass is 19.1. The summed E-state index contributed by atoms with van der Waals surface area (Å²) in [6.45, 7) is 28.7. The summed E-state index contributed by atoms with van der Waals surface area (Å²) >= 11 is 0. The van der Waals surface area contributed by atoms with E-state index in [1.807, 2.05) is 94.4 Å². The largest absolute Gasteiger partial charge is 0.478 e. The summed E-state index contributed by atoms with van der Waals surface area (Å²) in [6, 6.07) is 7.35. The Balaban J connectivity index is -0.000000159. The van der Waals surface area contributed by atoms with Crippen LogP contribution in [0, 0.1) is 25.6 Å². The van der Waals surface area contributed by atoms with Crippen LogP contribution < -0.4 is 10.1 Å². The predicted octanol–water partition coefficient (Wildman–Crippen LogP) is 10.9. The maximum Gasteiger partial charge on any atom is 0.213 e. The number of aromatic nitrogens is 1. The maximum atomic E-state index is 13.1. The van der Waals surface area contributed by atoms with E-state index in [9.17, 15) is 14.0 Å². The van der Waals surface area contributed by atoms with Gasteiger partial charge >= 0.3 is 0 Å². The summed E-state index contributed by atoms with van der Waals surface area (Å²) in [7, 11) is 2.06. The van der Waals surface area contributed by atoms with Crippen LogP contribution in [-0.2, 0) is 11.2 Å². The molecule has 2 N–H and O–H groups in total. The lowest BCUT2D eigenvalue weighted by atomic mass is 9.91. The van der Waals surface area contributed by atoms with Crippen LogP contribution in [-0.4, -0.2) is 47.5 Å². The van der Waals surface area contributed by atoms with Gasteiger partial charge in [0.15, 0.2) is 0 Å². The number of hydrogen-bond donors (Lipinski definition) is 2. The number of carbonyl (C=O) groups excluding carboxylic acids is 2. The van der Waals surface area contributed by atoms with Crippen molar-refractivity contribution >= 4 is 12.6 Å². The Morgan fingerprint density at radius 3 is 1.74 bits per heavy atom. The van der Waals surface area contributed by atoms with Gasteiger partial charge in [0.05, 0.1) is 18.4 Å². The molecule has 0 atom stereocenters. The minimum Gasteiger partial charge on any atom is -0.478 e. The van der Waals surface area contributed by atoms with Gasteiger partial charge in [-0.15, -0.1) is 0 Å². The number of nitrogens with one attached hydrogen (secondary N) is 1. The summed E-state index contributed by atoms with van der Waals surface area (Å²) in [5.41, 5.74) is 3.73. The number of carbonyl (C=O) groups is 2. The molecule has 6 nitrogen and oxygen atoms in total. The van der Waals surface area contributed by atoms with Crippen LogP contribution in [0.3, 0.4) is 0 Å². The molecule has 1 aromatic carbocycles. The monoisotopic (exact) mass is 667 g/mol. The van der Waals surface area contributed by atoms with Crippen molar-refractivity contribution in [3.8, 4) is 5.88 Å². The number of halogens is 1. The third-order valence-corrected chi connectivity index (χ3v) is 7.17. The highest BCUT2D eigenvalue weighted by Gasteiger charge is 2.18. The predicted molar refractivity (Wildman–Crippen MR) is 204 cm³/mol. The Morgan fingerprint density at radius 1 is 0.936 bits per heavy atom. The van der Waals surface area contributed by atoms with Gasteiger partial charge in [-0.3, -0.25) is 4.79 Å². The molecule has 0 aliphatic carbocycles. The van der Waals surface area contributed by atoms with E-state index in [0.717, 1.165) is 31.0 Å². The fourth-order valence-electron chi connectivity index (χ4n) is 3.46. The molecule has 7 heteroatoms. The van der Waals surface area contributed by atoms with Crippen LogP contribution in [0.4, 0.5) is 4.39 Å².